The van der Waals surface area contributed by atoms with E-state index in [0.717, 1.165) is 50.0 Å². The molecule has 0 aromatic heterocycles. The van der Waals surface area contributed by atoms with Crippen molar-refractivity contribution in [3.05, 3.63) is 65.0 Å². The molecule has 1 atom stereocenters. The number of benzene rings is 2. The van der Waals surface area contributed by atoms with Crippen molar-refractivity contribution in [2.75, 3.05) is 26.2 Å². The summed E-state index contributed by atoms with van der Waals surface area (Å²) < 4.78 is 19.8. The summed E-state index contributed by atoms with van der Waals surface area (Å²) in [5.41, 5.74) is 1.34. The lowest BCUT2D eigenvalue weighted by Gasteiger charge is -2.37. The van der Waals surface area contributed by atoms with Crippen LogP contribution >= 0.6 is 0 Å². The van der Waals surface area contributed by atoms with Crippen molar-refractivity contribution in [2.24, 2.45) is 0 Å². The van der Waals surface area contributed by atoms with Gasteiger partial charge in [-0.25, -0.2) is 4.39 Å². The summed E-state index contributed by atoms with van der Waals surface area (Å²) >= 11 is 0. The van der Waals surface area contributed by atoms with Gasteiger partial charge in [-0.1, -0.05) is 12.1 Å². The van der Waals surface area contributed by atoms with Gasteiger partial charge in [0.1, 0.15) is 18.1 Å². The summed E-state index contributed by atoms with van der Waals surface area (Å²) in [6.07, 6.45) is 5.22. The molecule has 1 saturated heterocycles. The molecule has 1 fully saturated rings. The number of nitrogens with zero attached hydrogens (tertiary/aromatic N) is 3. The Balaban J connectivity index is 1.60. The topological polar surface area (TPSA) is 73.6 Å². The zero-order valence-corrected chi connectivity index (χ0v) is 18.6. The van der Waals surface area contributed by atoms with E-state index in [1.165, 1.54) is 16.5 Å². The van der Waals surface area contributed by atoms with Crippen LogP contribution in [0.2, 0.25) is 0 Å². The lowest BCUT2D eigenvalue weighted by molar-refractivity contribution is -0.135. The van der Waals surface area contributed by atoms with Crippen LogP contribution in [0.4, 0.5) is 4.39 Å². The van der Waals surface area contributed by atoms with Crippen LogP contribution in [0.25, 0.3) is 0 Å². The summed E-state index contributed by atoms with van der Waals surface area (Å²) in [6, 6.07) is 13.6. The number of carbonyl (C=O) groups is 2. The fraction of sp³-hybridized carbons (Fsp3) is 0.423. The maximum absolute atomic E-state index is 14.0. The van der Waals surface area contributed by atoms with Crippen LogP contribution in [0.5, 0.6) is 5.75 Å². The summed E-state index contributed by atoms with van der Waals surface area (Å²) in [6.45, 7) is 1.30. The Morgan fingerprint density at radius 3 is 2.82 bits per heavy atom. The fourth-order valence-corrected chi connectivity index (χ4v) is 4.67. The molecule has 2 amide bonds. The molecular formula is C26H28FN3O3. The molecule has 172 valence electrons. The third kappa shape index (κ3) is 5.70. The quantitative estimate of drug-likeness (QED) is 0.661. The van der Waals surface area contributed by atoms with Crippen molar-refractivity contribution in [1.82, 2.24) is 9.80 Å². The number of aryl methyl sites for hydroxylation is 1. The monoisotopic (exact) mass is 449 g/mol. The lowest BCUT2D eigenvalue weighted by atomic mass is 9.95. The average molecular weight is 450 g/mol. The molecule has 0 spiro atoms. The van der Waals surface area contributed by atoms with Crippen LogP contribution < -0.4 is 4.74 Å². The van der Waals surface area contributed by atoms with Crippen LogP contribution in [-0.2, 0) is 11.2 Å². The van der Waals surface area contributed by atoms with E-state index in [1.54, 1.807) is 0 Å². The summed E-state index contributed by atoms with van der Waals surface area (Å²) in [5, 5.41) is 9.15. The molecule has 6 nitrogen and oxygen atoms in total. The molecule has 2 heterocycles. The number of piperidine rings is 1. The smallest absolute Gasteiger partial charge is 0.254 e. The number of carbonyl (C=O) groups excluding carboxylic acids is 2. The molecular weight excluding hydrogens is 421 g/mol. The number of fused-ring (bicyclic) bond motifs is 3. The molecule has 2 aliphatic heterocycles. The van der Waals surface area contributed by atoms with Gasteiger partial charge in [-0.3, -0.25) is 9.59 Å². The van der Waals surface area contributed by atoms with E-state index in [2.05, 4.69) is 6.07 Å². The first-order chi connectivity index (χ1) is 16.0. The Morgan fingerprint density at radius 1 is 1.09 bits per heavy atom. The summed E-state index contributed by atoms with van der Waals surface area (Å²) in [4.78, 5) is 29.9. The molecule has 4 rings (SSSR count). The first kappa shape index (κ1) is 22.8. The number of ether oxygens (including phenoxy) is 1. The molecule has 2 bridgehead atoms. The van der Waals surface area contributed by atoms with Gasteiger partial charge in [0.05, 0.1) is 18.2 Å². The SMILES string of the molecule is N#Cc1cc(F)cc(C(=O)N2CCCOc3cccc(c3)CCC3CCCCN3C(=O)C2)c1. The molecule has 1 unspecified atom stereocenters. The number of halogens is 1. The molecule has 33 heavy (non-hydrogen) atoms. The highest BCUT2D eigenvalue weighted by Crippen LogP contribution is 2.24. The predicted octanol–water partition coefficient (Wildman–Crippen LogP) is 3.94. The molecule has 0 saturated carbocycles. The van der Waals surface area contributed by atoms with Crippen LogP contribution in [0.3, 0.4) is 0 Å². The molecule has 0 radical (unpaired) electrons. The van der Waals surface area contributed by atoms with E-state index < -0.39 is 11.7 Å². The minimum absolute atomic E-state index is 0.0704. The largest absolute Gasteiger partial charge is 0.494 e. The van der Waals surface area contributed by atoms with E-state index in [4.69, 9.17) is 10.00 Å². The minimum Gasteiger partial charge on any atom is -0.494 e. The van der Waals surface area contributed by atoms with Gasteiger partial charge in [-0.05, 0) is 74.4 Å². The summed E-state index contributed by atoms with van der Waals surface area (Å²) in [5.74, 6) is -0.397. The van der Waals surface area contributed by atoms with E-state index >= 15 is 0 Å². The zero-order valence-electron chi connectivity index (χ0n) is 18.6. The average Bonchev–Trinajstić information content (AvgIpc) is 2.83. The standard InChI is InChI=1S/C26H28FN3O3/c27-22-14-20(17-28)13-21(16-22)26(32)29-10-4-12-33-24-7-3-5-19(15-24)8-9-23-6-1-2-11-30(23)25(31)18-29/h3,5,7,13-16,23H,1-2,4,6,8-12,18H2. The lowest BCUT2D eigenvalue weighted by Crippen LogP contribution is -2.49. The van der Waals surface area contributed by atoms with Gasteiger partial charge in [0.15, 0.2) is 0 Å². The maximum atomic E-state index is 14.0. The number of amides is 2. The third-order valence-electron chi connectivity index (χ3n) is 6.34. The highest BCUT2D eigenvalue weighted by molar-refractivity contribution is 5.97. The maximum Gasteiger partial charge on any atom is 0.254 e. The second-order valence-electron chi connectivity index (χ2n) is 8.69. The van der Waals surface area contributed by atoms with Crippen molar-refractivity contribution >= 4 is 11.8 Å². The Bertz CT molecular complexity index is 1060. The Hall–Kier alpha value is -3.40. The number of hydrogen-bond acceptors (Lipinski definition) is 4. The third-order valence-corrected chi connectivity index (χ3v) is 6.34. The van der Waals surface area contributed by atoms with E-state index in [0.29, 0.717) is 26.1 Å². The van der Waals surface area contributed by atoms with Gasteiger partial charge < -0.3 is 14.5 Å². The molecule has 7 heteroatoms. The number of nitriles is 1. The van der Waals surface area contributed by atoms with Gasteiger partial charge in [0, 0.05) is 24.7 Å². The fourth-order valence-electron chi connectivity index (χ4n) is 4.67. The van der Waals surface area contributed by atoms with Crippen LogP contribution in [0.15, 0.2) is 42.5 Å². The van der Waals surface area contributed by atoms with Crippen LogP contribution in [0.1, 0.15) is 53.6 Å². The van der Waals surface area contributed by atoms with Crippen molar-refractivity contribution < 1.29 is 18.7 Å². The number of rotatable bonds is 1. The first-order valence-corrected chi connectivity index (χ1v) is 11.5. The predicted molar refractivity (Wildman–Crippen MR) is 121 cm³/mol. The molecule has 2 aliphatic rings. The molecule has 0 aliphatic carbocycles. The van der Waals surface area contributed by atoms with Crippen molar-refractivity contribution in [3.8, 4) is 11.8 Å². The first-order valence-electron chi connectivity index (χ1n) is 11.5. The molecule has 2 aromatic rings. The van der Waals surface area contributed by atoms with Crippen LogP contribution in [-0.4, -0.2) is 53.9 Å². The Morgan fingerprint density at radius 2 is 1.97 bits per heavy atom. The van der Waals surface area contributed by atoms with Crippen molar-refractivity contribution in [1.29, 1.82) is 5.26 Å². The van der Waals surface area contributed by atoms with Gasteiger partial charge in [-0.15, -0.1) is 0 Å². The molecule has 0 N–H and O–H groups in total. The second kappa shape index (κ2) is 10.5. The van der Waals surface area contributed by atoms with Crippen molar-refractivity contribution in [2.45, 2.75) is 44.6 Å². The normalized spacial score (nSPS) is 19.6. The minimum atomic E-state index is -0.648. The van der Waals surface area contributed by atoms with Gasteiger partial charge >= 0.3 is 0 Å². The van der Waals surface area contributed by atoms with E-state index in [1.807, 2.05) is 29.2 Å². The Kier molecular flexibility index (Phi) is 7.23. The van der Waals surface area contributed by atoms with Crippen molar-refractivity contribution in [3.63, 3.8) is 0 Å². The summed E-state index contributed by atoms with van der Waals surface area (Å²) in [7, 11) is 0. The van der Waals surface area contributed by atoms with E-state index in [9.17, 15) is 14.0 Å². The van der Waals surface area contributed by atoms with Gasteiger partial charge in [0.2, 0.25) is 5.91 Å². The molecule has 2 aromatic carbocycles. The Labute approximate surface area is 193 Å². The number of hydrogen-bond donors (Lipinski definition) is 0. The highest BCUT2D eigenvalue weighted by Gasteiger charge is 2.29. The van der Waals surface area contributed by atoms with Crippen LogP contribution in [0, 0.1) is 17.1 Å². The zero-order chi connectivity index (χ0) is 23.2. The second-order valence-corrected chi connectivity index (χ2v) is 8.69. The highest BCUT2D eigenvalue weighted by atomic mass is 19.1. The van der Waals surface area contributed by atoms with E-state index in [-0.39, 0.29) is 29.6 Å². The van der Waals surface area contributed by atoms with Gasteiger partial charge in [0.25, 0.3) is 5.91 Å². The van der Waals surface area contributed by atoms with Gasteiger partial charge in [-0.2, -0.15) is 5.26 Å².